The Bertz CT molecular complexity index is 3970. The fourth-order valence-electron chi connectivity index (χ4n) is 9.79. The van der Waals surface area contributed by atoms with Crippen molar-refractivity contribution in [2.75, 3.05) is 13.2 Å². The van der Waals surface area contributed by atoms with Crippen LogP contribution in [-0.2, 0) is 62.6 Å². The molecule has 0 atom stereocenters. The van der Waals surface area contributed by atoms with Gasteiger partial charge in [-0.1, -0.05) is 159 Å². The van der Waals surface area contributed by atoms with Crippen LogP contribution in [0, 0.1) is 27.7 Å². The average Bonchev–Trinajstić information content (AvgIpc) is 1.64. The van der Waals surface area contributed by atoms with Crippen LogP contribution in [0.25, 0.3) is 0 Å². The summed E-state index contributed by atoms with van der Waals surface area (Å²) in [7, 11) is -2.36. The van der Waals surface area contributed by atoms with Crippen LogP contribution < -0.4 is 179 Å². The summed E-state index contributed by atoms with van der Waals surface area (Å²) in [5.41, 5.74) is 10.0. The maximum absolute atomic E-state index is 9.00. The number of rotatable bonds is 14. The van der Waals surface area contributed by atoms with Gasteiger partial charge in [-0.15, -0.1) is 0 Å². The molecule has 604 valence electrons. The minimum Gasteiger partial charge on any atom is -1.00 e. The number of phenolic OH excluding ortho intramolecular Hbond substituents is 1. The summed E-state index contributed by atoms with van der Waals surface area (Å²) in [4.78, 5) is 9.00. The Morgan fingerprint density at radius 3 is 0.894 bits per heavy atom. The van der Waals surface area contributed by atoms with Gasteiger partial charge in [0.2, 0.25) is 0 Å². The van der Waals surface area contributed by atoms with Gasteiger partial charge in [-0.2, -0.15) is 0 Å². The van der Waals surface area contributed by atoms with Gasteiger partial charge in [0.25, 0.3) is 5.97 Å². The molecule has 4 aliphatic rings. The summed E-state index contributed by atoms with van der Waals surface area (Å²) in [5, 5.41) is 38.1. The molecule has 4 heterocycles. The molecule has 7 N–H and O–H groups in total. The molecule has 20 nitrogen and oxygen atoms in total. The van der Waals surface area contributed by atoms with Crippen LogP contribution in [0.4, 0.5) is 0 Å². The zero-order valence-corrected chi connectivity index (χ0v) is 82.9. The SMILES string of the molecule is C1CCOC1.CC(=O)O.CC1(C)OB(c2ccc(CBr)cc2)OC1(C)C.Cc1cc(O)ccc1Cl.Cc1cc(OCc2ccc(B(O)O)cc2)ccc1Cl.Cc1cc(OCc2ccc(B3OC(C)(C)C(C)(C)O3)cc2)ccc1Cl.Cc1cc(OCc2ccc(B3OC(C)(C)C(C)(C)O3)cc2)ccc1Cl.N.[Cs+].[F-].[Na+].[O-][I+3]([O-])([O-])[O-]. The molecular weight excluding hydrogens is 1850 g/mol. The fourth-order valence-corrected chi connectivity index (χ4v) is 10.6. The smallest absolute Gasteiger partial charge is 1.00 e. The topological polar surface area (TPSA) is 318 Å². The van der Waals surface area contributed by atoms with E-state index in [1.54, 1.807) is 48.5 Å². The summed E-state index contributed by atoms with van der Waals surface area (Å²) in [5.74, 6) is 1.82. The number of carboxylic acid groups (broad SMARTS) is 1. The van der Waals surface area contributed by atoms with E-state index in [1.165, 1.54) is 18.4 Å². The van der Waals surface area contributed by atoms with E-state index in [-0.39, 0.29) is 170 Å². The Balaban J connectivity index is 0.000000684. The van der Waals surface area contributed by atoms with Gasteiger partial charge in [0.1, 0.15) is 62.9 Å². The van der Waals surface area contributed by atoms with Crippen LogP contribution in [0.3, 0.4) is 0 Å². The molecule has 0 aromatic heterocycles. The van der Waals surface area contributed by atoms with E-state index >= 15 is 0 Å². The van der Waals surface area contributed by atoms with Gasteiger partial charge >= 0.3 is 127 Å². The second kappa shape index (κ2) is 50.0. The Morgan fingerprint density at radius 2 is 0.690 bits per heavy atom. The van der Waals surface area contributed by atoms with Crippen LogP contribution in [0.2, 0.25) is 20.1 Å². The van der Waals surface area contributed by atoms with Crippen molar-refractivity contribution in [3.63, 3.8) is 0 Å². The molecule has 0 unspecified atom stereocenters. The standard InChI is InChI=1S/2C20H24BClO3.C14H14BClO3.C13H18BBrO2.C7H7ClO.C4H8O.C2H4O2.Cs.FH.IO4.H3N.Na/c2*1-14-12-17(10-11-18(14)22)23-13-15-6-8-16(9-7-15)21-24-19(2,3)20(4,5)25-21;1-10-8-13(6-7-14(10)16)19-9-11-2-4-12(5-3-11)15(17)18;1-12(2)13(3,4)17-14(16-12)11-7-5-10(9-15)6-8-11;1-5-4-6(9)2-3-7(5)8;1-2-4-5-3-1;1-2(3)4;;;2-1(3,4)5;;/h2*6-12H,13H2,1-5H3;2-8,17-18H,9H2,1H3;5-8H,9H2,1-4H3;2-4,9H,1H3;1-4H2;1H3,(H,3,4);;1H;;1H3;/q;;;;;;;+1;;-1;;+1/p-1. The van der Waals surface area contributed by atoms with E-state index in [0.717, 1.165) is 108 Å². The number of carboxylic acids is 1. The molecule has 0 aliphatic carbocycles. The van der Waals surface area contributed by atoms with Crippen LogP contribution in [-0.4, -0.2) is 102 Å². The number of aliphatic carboxylic acids is 1. The number of aromatic hydroxyl groups is 1. The van der Waals surface area contributed by atoms with Crippen LogP contribution in [0.5, 0.6) is 23.0 Å². The minimum absolute atomic E-state index is 0. The molecule has 0 saturated carbocycles. The van der Waals surface area contributed by atoms with Gasteiger partial charge in [-0.3, -0.25) is 18.5 Å². The van der Waals surface area contributed by atoms with Gasteiger partial charge in [0.15, 0.2) is 0 Å². The Morgan fingerprint density at radius 1 is 0.460 bits per heavy atom. The van der Waals surface area contributed by atoms with Gasteiger partial charge in [0.05, 0.1) is 33.6 Å². The van der Waals surface area contributed by atoms with Gasteiger partial charge in [-0.05, 0) is 263 Å². The van der Waals surface area contributed by atoms with Crippen molar-refractivity contribution < 1.29 is 209 Å². The minimum atomic E-state index is -5.94. The first-order chi connectivity index (χ1) is 50.7. The van der Waals surface area contributed by atoms with E-state index in [0.29, 0.717) is 35.3 Å². The predicted octanol–water partition coefficient (Wildman–Crippen LogP) is 0.505. The largest absolute Gasteiger partial charge is 1.00 e. The Labute approximate surface area is 783 Å². The molecule has 4 saturated heterocycles. The molecule has 12 rings (SSSR count). The zero-order chi connectivity index (χ0) is 81.5. The Kier molecular flexibility index (Phi) is 48.0. The fraction of sp³-hybridized carbons (Fsp3) is 0.388. The third kappa shape index (κ3) is 37.2. The molecule has 8 aromatic carbocycles. The first kappa shape index (κ1) is 108. The quantitative estimate of drug-likeness (QED) is 0.0563. The summed E-state index contributed by atoms with van der Waals surface area (Å²) in [6, 6.07) is 53.3. The number of hydrogen-bond acceptors (Lipinski definition) is 19. The number of benzene rings is 8. The van der Waals surface area contributed by atoms with Gasteiger partial charge < -0.3 is 78.0 Å². The summed E-state index contributed by atoms with van der Waals surface area (Å²) in [6.45, 7) is 37.0. The van der Waals surface area contributed by atoms with Crippen molar-refractivity contribution >= 4 is 119 Å². The molecule has 0 bridgehead atoms. The molecule has 4 fully saturated rings. The van der Waals surface area contributed by atoms with Crippen molar-refractivity contribution in [3.05, 3.63) is 234 Å². The summed E-state index contributed by atoms with van der Waals surface area (Å²) < 4.78 is 93.0. The molecule has 33 heteroatoms. The second-order valence-electron chi connectivity index (χ2n) is 29.0. The monoisotopic (exact) mass is 1950 g/mol. The number of carbonyl (C=O) groups is 1. The van der Waals surface area contributed by atoms with Crippen molar-refractivity contribution in [1.29, 1.82) is 0 Å². The van der Waals surface area contributed by atoms with E-state index in [9.17, 15) is 0 Å². The van der Waals surface area contributed by atoms with Crippen molar-refractivity contribution in [3.8, 4) is 23.0 Å². The van der Waals surface area contributed by atoms with E-state index in [4.69, 9.17) is 132 Å². The van der Waals surface area contributed by atoms with Gasteiger partial charge in [-0.25, -0.2) is 0 Å². The predicted molar refractivity (Wildman–Crippen MR) is 433 cm³/mol. The number of halogens is 7. The number of ether oxygens (including phenoxy) is 4. The van der Waals surface area contributed by atoms with Crippen molar-refractivity contribution in [2.24, 2.45) is 0 Å². The number of alkyl halides is 1. The third-order valence-electron chi connectivity index (χ3n) is 18.5. The van der Waals surface area contributed by atoms with E-state index < -0.39 is 33.2 Å². The maximum Gasteiger partial charge on any atom is 1.00 e. The van der Waals surface area contributed by atoms with Crippen molar-refractivity contribution in [1.82, 2.24) is 6.15 Å². The van der Waals surface area contributed by atoms with E-state index in [1.807, 2.05) is 125 Å². The number of hydrogen-bond donors (Lipinski definition) is 5. The van der Waals surface area contributed by atoms with Gasteiger partial charge in [0, 0.05) is 45.6 Å². The van der Waals surface area contributed by atoms with E-state index in [2.05, 4.69) is 123 Å². The molecule has 0 amide bonds. The molecule has 4 aliphatic heterocycles. The second-order valence-corrected chi connectivity index (χ2v) is 33.3. The van der Waals surface area contributed by atoms with Crippen LogP contribution >= 0.6 is 62.3 Å². The first-order valence-corrected chi connectivity index (χ1v) is 41.2. The zero-order valence-electron chi connectivity index (χ0n) is 67.9. The summed E-state index contributed by atoms with van der Waals surface area (Å²) in [6.07, 6.45) is 2.56. The molecule has 0 radical (unpaired) electrons. The summed E-state index contributed by atoms with van der Waals surface area (Å²) >= 11 is 21.2. The molecule has 8 aromatic rings. The maximum atomic E-state index is 9.00. The third-order valence-corrected chi connectivity index (χ3v) is 20.9. The van der Waals surface area contributed by atoms with Crippen molar-refractivity contribution in [2.45, 2.75) is 189 Å². The average molecular weight is 1950 g/mol. The number of aryl methyl sites for hydroxylation is 4. The van der Waals surface area contributed by atoms with Crippen LogP contribution in [0.15, 0.2) is 170 Å². The molecule has 113 heavy (non-hydrogen) atoms. The Hall–Kier alpha value is -2.52. The normalized spacial score (nSPS) is 15.7. The molecule has 0 spiro atoms. The van der Waals surface area contributed by atoms with Crippen LogP contribution in [0.1, 0.15) is 147 Å². The number of phenols is 1. The molecular formula is C80H102B4BrCl4CsFINNaO19. The first-order valence-electron chi connectivity index (χ1n) is 35.1.